The Hall–Kier alpha value is -0.770. The fourth-order valence-corrected chi connectivity index (χ4v) is 2.99. The predicted octanol–water partition coefficient (Wildman–Crippen LogP) is 3.18. The third-order valence-electron chi connectivity index (χ3n) is 3.64. The Morgan fingerprint density at radius 2 is 2.00 bits per heavy atom. The summed E-state index contributed by atoms with van der Waals surface area (Å²) in [6.07, 6.45) is 5.63. The summed E-state index contributed by atoms with van der Waals surface area (Å²) >= 11 is 11.9. The van der Waals surface area contributed by atoms with Crippen LogP contribution in [0.1, 0.15) is 31.2 Å². The van der Waals surface area contributed by atoms with E-state index in [2.05, 4.69) is 10.6 Å². The molecule has 1 aromatic carbocycles. The van der Waals surface area contributed by atoms with Crippen LogP contribution < -0.4 is 10.6 Å². The van der Waals surface area contributed by atoms with Crippen LogP contribution in [0.15, 0.2) is 18.2 Å². The fourth-order valence-electron chi connectivity index (χ4n) is 2.49. The molecule has 1 amide bonds. The van der Waals surface area contributed by atoms with Crippen LogP contribution in [0.25, 0.3) is 0 Å². The van der Waals surface area contributed by atoms with Crippen molar-refractivity contribution in [2.45, 2.75) is 38.1 Å². The van der Waals surface area contributed by atoms with Crippen LogP contribution in [0.5, 0.6) is 0 Å². The maximum absolute atomic E-state index is 11.7. The molecule has 0 saturated heterocycles. The van der Waals surface area contributed by atoms with Gasteiger partial charge in [0.25, 0.3) is 0 Å². The van der Waals surface area contributed by atoms with Crippen LogP contribution in [-0.4, -0.2) is 25.0 Å². The van der Waals surface area contributed by atoms with E-state index in [0.717, 1.165) is 5.56 Å². The van der Waals surface area contributed by atoms with Crippen molar-refractivity contribution < 1.29 is 4.79 Å². The maximum Gasteiger partial charge on any atom is 0.233 e. The molecular weight excluding hydrogens is 295 g/mol. The Morgan fingerprint density at radius 1 is 1.25 bits per heavy atom. The largest absolute Gasteiger partial charge is 0.355 e. The van der Waals surface area contributed by atoms with Gasteiger partial charge in [-0.25, -0.2) is 0 Å². The smallest absolute Gasteiger partial charge is 0.233 e. The van der Waals surface area contributed by atoms with Crippen molar-refractivity contribution in [1.82, 2.24) is 10.6 Å². The molecule has 0 bridgehead atoms. The molecule has 1 aliphatic carbocycles. The average molecular weight is 315 g/mol. The monoisotopic (exact) mass is 314 g/mol. The highest BCUT2D eigenvalue weighted by Crippen LogP contribution is 2.21. The zero-order valence-corrected chi connectivity index (χ0v) is 12.9. The van der Waals surface area contributed by atoms with E-state index in [9.17, 15) is 4.79 Å². The van der Waals surface area contributed by atoms with Crippen molar-refractivity contribution in [3.05, 3.63) is 33.8 Å². The topological polar surface area (TPSA) is 41.1 Å². The minimum atomic E-state index is 0.0435. The molecule has 0 unspecified atom stereocenters. The van der Waals surface area contributed by atoms with Gasteiger partial charge in [0, 0.05) is 22.6 Å². The molecular formula is C15H20Cl2N2O. The normalized spacial score (nSPS) is 15.5. The van der Waals surface area contributed by atoms with Crippen LogP contribution in [0.4, 0.5) is 0 Å². The first-order valence-electron chi connectivity index (χ1n) is 7.09. The Kier molecular flexibility index (Phi) is 6.14. The highest BCUT2D eigenvalue weighted by Gasteiger charge is 2.15. The van der Waals surface area contributed by atoms with Gasteiger partial charge in [-0.05, 0) is 37.0 Å². The number of carbonyl (C=O) groups is 1. The van der Waals surface area contributed by atoms with Gasteiger partial charge in [-0.3, -0.25) is 4.79 Å². The molecule has 0 atom stereocenters. The summed E-state index contributed by atoms with van der Waals surface area (Å²) in [7, 11) is 0. The van der Waals surface area contributed by atoms with E-state index >= 15 is 0 Å². The molecule has 2 rings (SSSR count). The molecule has 20 heavy (non-hydrogen) atoms. The third-order valence-corrected chi connectivity index (χ3v) is 4.23. The molecule has 5 heteroatoms. The molecule has 1 aliphatic rings. The molecule has 0 spiro atoms. The van der Waals surface area contributed by atoms with Crippen molar-refractivity contribution in [1.29, 1.82) is 0 Å². The number of rotatable bonds is 6. The quantitative estimate of drug-likeness (QED) is 0.846. The maximum atomic E-state index is 11.7. The lowest BCUT2D eigenvalue weighted by Gasteiger charge is -2.12. The molecule has 1 saturated carbocycles. The SMILES string of the molecule is O=C(CNC1CCCC1)NCCc1ccc(Cl)cc1Cl. The minimum Gasteiger partial charge on any atom is -0.355 e. The van der Waals surface area contributed by atoms with Crippen LogP contribution >= 0.6 is 23.2 Å². The van der Waals surface area contributed by atoms with Gasteiger partial charge in [0.15, 0.2) is 0 Å². The number of amides is 1. The van der Waals surface area contributed by atoms with Gasteiger partial charge in [-0.15, -0.1) is 0 Å². The first-order chi connectivity index (χ1) is 9.65. The Labute approximate surface area is 130 Å². The molecule has 0 heterocycles. The van der Waals surface area contributed by atoms with Crippen molar-refractivity contribution in [2.24, 2.45) is 0 Å². The number of carbonyl (C=O) groups excluding carboxylic acids is 1. The van der Waals surface area contributed by atoms with E-state index < -0.39 is 0 Å². The average Bonchev–Trinajstić information content (AvgIpc) is 2.92. The zero-order valence-electron chi connectivity index (χ0n) is 11.4. The molecule has 3 nitrogen and oxygen atoms in total. The Morgan fingerprint density at radius 3 is 2.70 bits per heavy atom. The summed E-state index contributed by atoms with van der Waals surface area (Å²) in [6, 6.07) is 5.95. The first-order valence-corrected chi connectivity index (χ1v) is 7.85. The van der Waals surface area contributed by atoms with Crippen molar-refractivity contribution in [2.75, 3.05) is 13.1 Å². The van der Waals surface area contributed by atoms with Gasteiger partial charge in [0.05, 0.1) is 6.54 Å². The second-order valence-corrected chi connectivity index (χ2v) is 6.04. The van der Waals surface area contributed by atoms with Gasteiger partial charge < -0.3 is 10.6 Å². The first kappa shape index (κ1) is 15.6. The minimum absolute atomic E-state index is 0.0435. The van der Waals surface area contributed by atoms with E-state index in [1.54, 1.807) is 6.07 Å². The van der Waals surface area contributed by atoms with E-state index in [4.69, 9.17) is 23.2 Å². The second-order valence-electron chi connectivity index (χ2n) is 5.20. The Bertz CT molecular complexity index is 459. The van der Waals surface area contributed by atoms with E-state index in [1.807, 2.05) is 12.1 Å². The molecule has 2 N–H and O–H groups in total. The summed E-state index contributed by atoms with van der Waals surface area (Å²) in [6.45, 7) is 0.992. The molecule has 1 fully saturated rings. The van der Waals surface area contributed by atoms with Gasteiger partial charge in [-0.2, -0.15) is 0 Å². The summed E-state index contributed by atoms with van der Waals surface area (Å²) in [5.74, 6) is 0.0435. The third kappa shape index (κ3) is 4.97. The van der Waals surface area contributed by atoms with E-state index in [-0.39, 0.29) is 5.91 Å². The molecule has 1 aromatic rings. The number of benzene rings is 1. The lowest BCUT2D eigenvalue weighted by molar-refractivity contribution is -0.120. The lowest BCUT2D eigenvalue weighted by atomic mass is 10.1. The summed E-state index contributed by atoms with van der Waals surface area (Å²) < 4.78 is 0. The van der Waals surface area contributed by atoms with Crippen molar-refractivity contribution in [3.8, 4) is 0 Å². The summed E-state index contributed by atoms with van der Waals surface area (Å²) in [5.41, 5.74) is 1.00. The lowest BCUT2D eigenvalue weighted by Crippen LogP contribution is -2.38. The van der Waals surface area contributed by atoms with E-state index in [1.165, 1.54) is 25.7 Å². The van der Waals surface area contributed by atoms with Crippen LogP contribution in [0.2, 0.25) is 10.0 Å². The van der Waals surface area contributed by atoms with Gasteiger partial charge in [0.2, 0.25) is 5.91 Å². The van der Waals surface area contributed by atoms with E-state index in [0.29, 0.717) is 35.6 Å². The van der Waals surface area contributed by atoms with Crippen molar-refractivity contribution >= 4 is 29.1 Å². The number of hydrogen-bond acceptors (Lipinski definition) is 2. The van der Waals surface area contributed by atoms with Crippen molar-refractivity contribution in [3.63, 3.8) is 0 Å². The van der Waals surface area contributed by atoms with Gasteiger partial charge in [-0.1, -0.05) is 42.1 Å². The predicted molar refractivity (Wildman–Crippen MR) is 83.4 cm³/mol. The number of nitrogens with one attached hydrogen (secondary N) is 2. The summed E-state index contributed by atoms with van der Waals surface area (Å²) in [5, 5.41) is 7.47. The van der Waals surface area contributed by atoms with Gasteiger partial charge in [0.1, 0.15) is 0 Å². The van der Waals surface area contributed by atoms with Gasteiger partial charge >= 0.3 is 0 Å². The fraction of sp³-hybridized carbons (Fsp3) is 0.533. The highest BCUT2D eigenvalue weighted by molar-refractivity contribution is 6.35. The number of halogens is 2. The highest BCUT2D eigenvalue weighted by atomic mass is 35.5. The molecule has 0 radical (unpaired) electrons. The van der Waals surface area contributed by atoms with Crippen LogP contribution in [-0.2, 0) is 11.2 Å². The molecule has 0 aliphatic heterocycles. The molecule has 110 valence electrons. The second kappa shape index (κ2) is 7.87. The zero-order chi connectivity index (χ0) is 14.4. The van der Waals surface area contributed by atoms with Crippen LogP contribution in [0, 0.1) is 0 Å². The molecule has 0 aromatic heterocycles. The standard InChI is InChI=1S/C15H20Cl2N2O/c16-12-6-5-11(14(17)9-12)7-8-18-15(20)10-19-13-3-1-2-4-13/h5-6,9,13,19H,1-4,7-8,10H2,(H,18,20). The van der Waals surface area contributed by atoms with Crippen LogP contribution in [0.3, 0.4) is 0 Å². The summed E-state index contributed by atoms with van der Waals surface area (Å²) in [4.78, 5) is 11.7. The Balaban J connectivity index is 1.65. The number of hydrogen-bond donors (Lipinski definition) is 2.